The summed E-state index contributed by atoms with van der Waals surface area (Å²) in [5.41, 5.74) is 3.97. The van der Waals surface area contributed by atoms with Crippen LogP contribution in [0, 0.1) is 12.3 Å². The van der Waals surface area contributed by atoms with Crippen molar-refractivity contribution >= 4 is 43.4 Å². The summed E-state index contributed by atoms with van der Waals surface area (Å²) in [4.78, 5) is 9.48. The molecule has 5 aromatic carbocycles. The maximum atomic E-state index is 4.79. The molecule has 0 saturated heterocycles. The average Bonchev–Trinajstić information content (AvgIpc) is 3.25. The van der Waals surface area contributed by atoms with E-state index in [1.165, 1.54) is 32.3 Å². The molecule has 0 unspecified atom stereocenters. The van der Waals surface area contributed by atoms with Crippen LogP contribution < -0.4 is 0 Å². The largest absolute Gasteiger partial charge is 0.330 e. The van der Waals surface area contributed by atoms with E-state index in [0.717, 1.165) is 22.2 Å². The van der Waals surface area contributed by atoms with Gasteiger partial charge in [0.05, 0.1) is 5.52 Å². The van der Waals surface area contributed by atoms with Gasteiger partial charge in [-0.3, -0.25) is 0 Å². The molecule has 157 valence electrons. The van der Waals surface area contributed by atoms with Crippen molar-refractivity contribution in [2.24, 2.45) is 0 Å². The van der Waals surface area contributed by atoms with Crippen molar-refractivity contribution in [3.8, 4) is 17.1 Å². The number of fused-ring (bicyclic) bond motifs is 7. The molecule has 0 saturated carbocycles. The molecule has 4 heteroatoms. The van der Waals surface area contributed by atoms with Crippen LogP contribution in [0.1, 0.15) is 0 Å². The Hall–Kier alpha value is -3.40. The van der Waals surface area contributed by atoms with Gasteiger partial charge >= 0.3 is 0 Å². The molecule has 7 aromatic rings. The zero-order valence-corrected chi connectivity index (χ0v) is 21.1. The van der Waals surface area contributed by atoms with Gasteiger partial charge in [0.15, 0.2) is 0 Å². The molecular formula is C30H17N3Y-2. The first-order valence-corrected chi connectivity index (χ1v) is 10.9. The third kappa shape index (κ3) is 3.19. The summed E-state index contributed by atoms with van der Waals surface area (Å²) in [5, 5.41) is 7.24. The van der Waals surface area contributed by atoms with Crippen LogP contribution in [-0.4, -0.2) is 14.5 Å². The van der Waals surface area contributed by atoms with Crippen molar-refractivity contribution in [2.75, 3.05) is 0 Å². The molecule has 0 aliphatic rings. The van der Waals surface area contributed by atoms with Crippen LogP contribution >= 0.6 is 0 Å². The van der Waals surface area contributed by atoms with Crippen molar-refractivity contribution < 1.29 is 32.7 Å². The van der Waals surface area contributed by atoms with Crippen LogP contribution in [0.15, 0.2) is 103 Å². The van der Waals surface area contributed by atoms with Gasteiger partial charge in [-0.15, -0.1) is 6.07 Å². The van der Waals surface area contributed by atoms with Gasteiger partial charge in [-0.05, 0) is 22.2 Å². The molecule has 0 aliphatic carbocycles. The summed E-state index contributed by atoms with van der Waals surface area (Å²) in [5.74, 6) is 0.612. The Bertz CT molecular complexity index is 1800. The van der Waals surface area contributed by atoms with Gasteiger partial charge in [-0.25, -0.2) is 5.56 Å². The topological polar surface area (TPSA) is 30.7 Å². The van der Waals surface area contributed by atoms with E-state index >= 15 is 0 Å². The second-order valence-electron chi connectivity index (χ2n) is 8.17. The van der Waals surface area contributed by atoms with E-state index in [9.17, 15) is 0 Å². The van der Waals surface area contributed by atoms with Crippen molar-refractivity contribution in [3.05, 3.63) is 116 Å². The van der Waals surface area contributed by atoms with Crippen LogP contribution in [0.2, 0.25) is 0 Å². The third-order valence-electron chi connectivity index (χ3n) is 6.33. The Labute approximate surface area is 222 Å². The molecule has 2 heterocycles. The standard InChI is InChI=1S/C30H17N3.Y/c1-2-8-20(9-3-1)23-18-31-30(32-19-23)33-27-17-15-21-10-4-6-12-24(21)28(27)26-16-14-22-11-5-7-13-25(22)29(26)33;/h1-8,10-18H;/q-2;. The van der Waals surface area contributed by atoms with Crippen molar-refractivity contribution in [2.45, 2.75) is 0 Å². The van der Waals surface area contributed by atoms with E-state index in [1.807, 2.05) is 30.5 Å². The third-order valence-corrected chi connectivity index (χ3v) is 6.33. The molecular weight excluding hydrogens is 491 g/mol. The molecule has 0 amide bonds. The van der Waals surface area contributed by atoms with E-state index in [2.05, 4.69) is 89.6 Å². The molecule has 0 aliphatic heterocycles. The van der Waals surface area contributed by atoms with Crippen LogP contribution in [0.3, 0.4) is 0 Å². The Kier molecular flexibility index (Phi) is 5.25. The Balaban J connectivity index is 0.00000217. The van der Waals surface area contributed by atoms with E-state index in [-0.39, 0.29) is 32.7 Å². The molecule has 34 heavy (non-hydrogen) atoms. The fourth-order valence-corrected chi connectivity index (χ4v) is 4.84. The minimum atomic E-state index is 0. The first kappa shape index (κ1) is 21.2. The second kappa shape index (κ2) is 8.43. The number of aromatic nitrogens is 3. The number of benzene rings is 5. The van der Waals surface area contributed by atoms with Crippen molar-refractivity contribution in [3.63, 3.8) is 0 Å². The molecule has 0 atom stereocenters. The number of nitrogens with zero attached hydrogens (tertiary/aromatic N) is 3. The summed E-state index contributed by atoms with van der Waals surface area (Å²) in [7, 11) is 0. The van der Waals surface area contributed by atoms with E-state index in [1.54, 1.807) is 0 Å². The van der Waals surface area contributed by atoms with Gasteiger partial charge in [0, 0.05) is 54.4 Å². The summed E-state index contributed by atoms with van der Waals surface area (Å²) in [6, 6.07) is 36.8. The summed E-state index contributed by atoms with van der Waals surface area (Å²) in [6.45, 7) is 0. The summed E-state index contributed by atoms with van der Waals surface area (Å²) < 4.78 is 2.18. The monoisotopic (exact) mass is 508 g/mol. The predicted molar refractivity (Wildman–Crippen MR) is 134 cm³/mol. The van der Waals surface area contributed by atoms with Gasteiger partial charge in [-0.1, -0.05) is 79.1 Å². The molecule has 0 fully saturated rings. The maximum absolute atomic E-state index is 4.79. The quantitative estimate of drug-likeness (QED) is 0.232. The van der Waals surface area contributed by atoms with Crippen LogP contribution in [-0.2, 0) is 32.7 Å². The van der Waals surface area contributed by atoms with Crippen LogP contribution in [0.5, 0.6) is 0 Å². The van der Waals surface area contributed by atoms with Crippen LogP contribution in [0.25, 0.3) is 60.4 Å². The minimum Gasteiger partial charge on any atom is -0.330 e. The number of hydrogen-bond donors (Lipinski definition) is 0. The average molecular weight is 508 g/mol. The SMILES string of the molecule is [Y].[c-]1ccccc1-c1[c-]nc(-n2c3ccc4ccccc4c3c3ccc4ccccc4c32)nc1. The number of hydrogen-bond acceptors (Lipinski definition) is 2. The van der Waals surface area contributed by atoms with Gasteiger partial charge in [0.2, 0.25) is 0 Å². The van der Waals surface area contributed by atoms with E-state index < -0.39 is 0 Å². The van der Waals surface area contributed by atoms with Crippen molar-refractivity contribution in [1.82, 2.24) is 14.5 Å². The van der Waals surface area contributed by atoms with E-state index in [4.69, 9.17) is 9.97 Å². The second-order valence-corrected chi connectivity index (χ2v) is 8.17. The molecule has 3 nitrogen and oxygen atoms in total. The number of rotatable bonds is 2. The Morgan fingerprint density at radius 1 is 0.647 bits per heavy atom. The fraction of sp³-hybridized carbons (Fsp3) is 0. The first-order valence-electron chi connectivity index (χ1n) is 10.9. The molecule has 2 aromatic heterocycles. The molecule has 1 radical (unpaired) electrons. The zero-order chi connectivity index (χ0) is 21.8. The summed E-state index contributed by atoms with van der Waals surface area (Å²) in [6.07, 6.45) is 5.02. The van der Waals surface area contributed by atoms with E-state index in [0.29, 0.717) is 5.95 Å². The Morgan fingerprint density at radius 3 is 2.15 bits per heavy atom. The minimum absolute atomic E-state index is 0. The zero-order valence-electron chi connectivity index (χ0n) is 18.2. The smallest absolute Gasteiger partial charge is 0.146 e. The molecule has 0 spiro atoms. The van der Waals surface area contributed by atoms with Crippen LogP contribution in [0.4, 0.5) is 0 Å². The maximum Gasteiger partial charge on any atom is 0.146 e. The normalized spacial score (nSPS) is 11.3. The van der Waals surface area contributed by atoms with Gasteiger partial charge in [-0.2, -0.15) is 29.8 Å². The molecule has 0 bridgehead atoms. The first-order chi connectivity index (χ1) is 16.4. The fourth-order valence-electron chi connectivity index (χ4n) is 4.84. The molecule has 7 rings (SSSR count). The van der Waals surface area contributed by atoms with Gasteiger partial charge in [0.25, 0.3) is 0 Å². The molecule has 0 N–H and O–H groups in total. The Morgan fingerprint density at radius 2 is 1.38 bits per heavy atom. The summed E-state index contributed by atoms with van der Waals surface area (Å²) >= 11 is 0. The predicted octanol–water partition coefficient (Wildman–Crippen LogP) is 7.14. The van der Waals surface area contributed by atoms with Crippen molar-refractivity contribution in [1.29, 1.82) is 0 Å². The van der Waals surface area contributed by atoms with Gasteiger partial charge in [0.1, 0.15) is 5.95 Å². The van der Waals surface area contributed by atoms with Gasteiger partial charge < -0.3 is 14.5 Å².